The van der Waals surface area contributed by atoms with Crippen LogP contribution in [0.2, 0.25) is 0 Å². The van der Waals surface area contributed by atoms with Crippen LogP contribution in [-0.2, 0) is 0 Å². The van der Waals surface area contributed by atoms with Gasteiger partial charge in [0.2, 0.25) is 0 Å². The lowest BCUT2D eigenvalue weighted by Gasteiger charge is -2.24. The van der Waals surface area contributed by atoms with Gasteiger partial charge in [0.1, 0.15) is 0 Å². The first-order chi connectivity index (χ1) is 5.77. The molecule has 0 bridgehead atoms. The molecule has 2 heteroatoms. The van der Waals surface area contributed by atoms with Crippen LogP contribution in [0, 0.1) is 0 Å². The molecule has 0 aromatic carbocycles. The van der Waals surface area contributed by atoms with Crippen molar-refractivity contribution >= 4 is 0 Å². The molecule has 1 atom stereocenters. The molecule has 0 amide bonds. The van der Waals surface area contributed by atoms with Gasteiger partial charge in [-0.1, -0.05) is 13.3 Å². The predicted molar refractivity (Wildman–Crippen MR) is 53.4 cm³/mol. The Hall–Kier alpha value is -0.0800. The highest BCUT2D eigenvalue weighted by molar-refractivity contribution is 4.90. The lowest BCUT2D eigenvalue weighted by molar-refractivity contribution is 0.384. The molecule has 0 aliphatic carbocycles. The summed E-state index contributed by atoms with van der Waals surface area (Å²) in [6.45, 7) is 8.06. The molecule has 1 aliphatic rings. The van der Waals surface area contributed by atoms with E-state index in [0.29, 0.717) is 5.54 Å². The van der Waals surface area contributed by atoms with Crippen LogP contribution in [0.25, 0.3) is 0 Å². The highest BCUT2D eigenvalue weighted by Crippen LogP contribution is 2.16. The van der Waals surface area contributed by atoms with Crippen LogP contribution in [0.3, 0.4) is 0 Å². The fourth-order valence-corrected chi connectivity index (χ4v) is 1.77. The summed E-state index contributed by atoms with van der Waals surface area (Å²) in [6.07, 6.45) is 5.26. The van der Waals surface area contributed by atoms with Crippen molar-refractivity contribution in [1.82, 2.24) is 10.6 Å². The minimum absolute atomic E-state index is 0.383. The molecule has 1 fully saturated rings. The summed E-state index contributed by atoms with van der Waals surface area (Å²) in [6, 6.07) is 0. The van der Waals surface area contributed by atoms with Gasteiger partial charge in [0.05, 0.1) is 0 Å². The fraction of sp³-hybridized carbons (Fsp3) is 1.00. The van der Waals surface area contributed by atoms with E-state index in [4.69, 9.17) is 0 Å². The largest absolute Gasteiger partial charge is 0.315 e. The Morgan fingerprint density at radius 3 is 2.92 bits per heavy atom. The maximum Gasteiger partial charge on any atom is 0.0278 e. The molecule has 2 N–H and O–H groups in total. The van der Waals surface area contributed by atoms with Crippen LogP contribution in [0.15, 0.2) is 0 Å². The zero-order valence-electron chi connectivity index (χ0n) is 8.45. The van der Waals surface area contributed by atoms with Crippen molar-refractivity contribution in [3.05, 3.63) is 0 Å². The van der Waals surface area contributed by atoms with E-state index in [1.54, 1.807) is 0 Å². The van der Waals surface area contributed by atoms with Gasteiger partial charge in [0.25, 0.3) is 0 Å². The molecule has 0 aromatic heterocycles. The zero-order valence-corrected chi connectivity index (χ0v) is 8.45. The average molecular weight is 170 g/mol. The number of rotatable bonds is 5. The smallest absolute Gasteiger partial charge is 0.0278 e. The molecule has 0 saturated carbocycles. The van der Waals surface area contributed by atoms with Crippen LogP contribution in [-0.4, -0.2) is 25.2 Å². The highest BCUT2D eigenvalue weighted by atomic mass is 15.0. The summed E-state index contributed by atoms with van der Waals surface area (Å²) < 4.78 is 0. The Morgan fingerprint density at radius 1 is 1.50 bits per heavy atom. The van der Waals surface area contributed by atoms with Crippen molar-refractivity contribution < 1.29 is 0 Å². The Balaban J connectivity index is 2.05. The Morgan fingerprint density at radius 2 is 2.33 bits per heavy atom. The van der Waals surface area contributed by atoms with E-state index in [0.717, 1.165) is 6.54 Å². The quantitative estimate of drug-likeness (QED) is 0.611. The van der Waals surface area contributed by atoms with Gasteiger partial charge in [-0.2, -0.15) is 0 Å². The maximum atomic E-state index is 3.55. The summed E-state index contributed by atoms with van der Waals surface area (Å²) in [7, 11) is 0. The highest BCUT2D eigenvalue weighted by Gasteiger charge is 2.26. The van der Waals surface area contributed by atoms with Crippen LogP contribution in [0.4, 0.5) is 0 Å². The molecule has 1 aliphatic heterocycles. The lowest BCUT2D eigenvalue weighted by Crippen LogP contribution is -2.45. The first-order valence-electron chi connectivity index (χ1n) is 5.22. The van der Waals surface area contributed by atoms with E-state index in [-0.39, 0.29) is 0 Å². The molecule has 1 saturated heterocycles. The predicted octanol–water partition coefficient (Wildman–Crippen LogP) is 1.52. The zero-order chi connectivity index (χ0) is 8.86. The molecular weight excluding hydrogens is 148 g/mol. The molecule has 72 valence electrons. The monoisotopic (exact) mass is 170 g/mol. The number of unbranched alkanes of at least 4 members (excludes halogenated alkanes) is 1. The Labute approximate surface area is 76.1 Å². The Bertz CT molecular complexity index is 117. The van der Waals surface area contributed by atoms with Crippen molar-refractivity contribution in [1.29, 1.82) is 0 Å². The van der Waals surface area contributed by atoms with Crippen LogP contribution in [0.5, 0.6) is 0 Å². The van der Waals surface area contributed by atoms with Gasteiger partial charge in [-0.05, 0) is 39.3 Å². The second-order valence-corrected chi connectivity index (χ2v) is 4.12. The third kappa shape index (κ3) is 3.11. The van der Waals surface area contributed by atoms with E-state index < -0.39 is 0 Å². The average Bonchev–Trinajstić information content (AvgIpc) is 2.47. The number of nitrogens with one attached hydrogen (secondary N) is 2. The van der Waals surface area contributed by atoms with Gasteiger partial charge in [-0.15, -0.1) is 0 Å². The van der Waals surface area contributed by atoms with E-state index >= 15 is 0 Å². The van der Waals surface area contributed by atoms with Gasteiger partial charge >= 0.3 is 0 Å². The molecular formula is C10H22N2. The van der Waals surface area contributed by atoms with Gasteiger partial charge in [-0.25, -0.2) is 0 Å². The summed E-state index contributed by atoms with van der Waals surface area (Å²) >= 11 is 0. The normalized spacial score (nSPS) is 29.5. The third-order valence-electron chi connectivity index (χ3n) is 2.68. The number of hydrogen-bond donors (Lipinski definition) is 2. The molecule has 1 unspecified atom stereocenters. The third-order valence-corrected chi connectivity index (χ3v) is 2.68. The first-order valence-corrected chi connectivity index (χ1v) is 5.22. The van der Waals surface area contributed by atoms with Crippen molar-refractivity contribution in [2.45, 2.75) is 45.1 Å². The Kier molecular flexibility index (Phi) is 4.02. The molecule has 1 heterocycles. The summed E-state index contributed by atoms with van der Waals surface area (Å²) in [5.41, 5.74) is 0.383. The van der Waals surface area contributed by atoms with Crippen molar-refractivity contribution in [3.63, 3.8) is 0 Å². The number of hydrogen-bond acceptors (Lipinski definition) is 2. The summed E-state index contributed by atoms with van der Waals surface area (Å²) in [5, 5.41) is 7.05. The second-order valence-electron chi connectivity index (χ2n) is 4.12. The first kappa shape index (κ1) is 10.0. The van der Waals surface area contributed by atoms with Gasteiger partial charge in [0, 0.05) is 12.1 Å². The molecule has 0 spiro atoms. The van der Waals surface area contributed by atoms with Crippen molar-refractivity contribution in [3.8, 4) is 0 Å². The van der Waals surface area contributed by atoms with E-state index in [1.807, 2.05) is 0 Å². The van der Waals surface area contributed by atoms with Crippen molar-refractivity contribution in [2.75, 3.05) is 19.6 Å². The minimum Gasteiger partial charge on any atom is -0.315 e. The molecule has 2 nitrogen and oxygen atoms in total. The second kappa shape index (κ2) is 4.83. The minimum atomic E-state index is 0.383. The van der Waals surface area contributed by atoms with Crippen LogP contribution in [0.1, 0.15) is 39.5 Å². The SMILES string of the molecule is CCCCNCC1(C)CCCN1. The van der Waals surface area contributed by atoms with Gasteiger partial charge in [-0.3, -0.25) is 0 Å². The van der Waals surface area contributed by atoms with E-state index in [1.165, 1.54) is 38.8 Å². The van der Waals surface area contributed by atoms with E-state index in [9.17, 15) is 0 Å². The maximum absolute atomic E-state index is 3.55. The molecule has 1 rings (SSSR count). The van der Waals surface area contributed by atoms with Crippen molar-refractivity contribution in [2.24, 2.45) is 0 Å². The summed E-state index contributed by atoms with van der Waals surface area (Å²) in [4.78, 5) is 0. The standard InChI is InChI=1S/C10H22N2/c1-3-4-7-11-9-10(2)6-5-8-12-10/h11-12H,3-9H2,1-2H3. The molecule has 12 heavy (non-hydrogen) atoms. The lowest BCUT2D eigenvalue weighted by atomic mass is 10.0. The topological polar surface area (TPSA) is 24.1 Å². The van der Waals surface area contributed by atoms with Crippen LogP contribution >= 0.6 is 0 Å². The van der Waals surface area contributed by atoms with Gasteiger partial charge in [0.15, 0.2) is 0 Å². The van der Waals surface area contributed by atoms with E-state index in [2.05, 4.69) is 24.5 Å². The fourth-order valence-electron chi connectivity index (χ4n) is 1.77. The molecule has 0 radical (unpaired) electrons. The van der Waals surface area contributed by atoms with Crippen LogP contribution < -0.4 is 10.6 Å². The summed E-state index contributed by atoms with van der Waals surface area (Å²) in [5.74, 6) is 0. The molecule has 0 aromatic rings. The van der Waals surface area contributed by atoms with Gasteiger partial charge < -0.3 is 10.6 Å².